The smallest absolute Gasteiger partial charge is 0.407 e. The van der Waals surface area contributed by atoms with E-state index in [1.54, 1.807) is 69.6 Å². The minimum atomic E-state index is -3.95. The maximum Gasteiger partial charge on any atom is 0.407 e. The molecule has 3 rings (SSSR count). The van der Waals surface area contributed by atoms with Gasteiger partial charge >= 0.3 is 6.09 Å². The van der Waals surface area contributed by atoms with Crippen LogP contribution in [0.3, 0.4) is 0 Å². The fourth-order valence-corrected chi connectivity index (χ4v) is 4.25. The number of carbonyl (C=O) groups excluding carboxylic acids is 1. The molecule has 10 heteroatoms. The summed E-state index contributed by atoms with van der Waals surface area (Å²) >= 11 is 0. The summed E-state index contributed by atoms with van der Waals surface area (Å²) in [5.74, 6) is 0.848. The zero-order valence-electron chi connectivity index (χ0n) is 21.2. The zero-order chi connectivity index (χ0) is 26.9. The molecule has 1 amide bonds. The molecule has 1 aromatic heterocycles. The van der Waals surface area contributed by atoms with E-state index in [4.69, 9.17) is 14.2 Å². The Morgan fingerprint density at radius 2 is 1.70 bits per heavy atom. The average molecular weight is 526 g/mol. The predicted octanol–water partition coefficient (Wildman–Crippen LogP) is 4.96. The lowest BCUT2D eigenvalue weighted by Gasteiger charge is -2.20. The number of rotatable bonds is 10. The molecule has 196 valence electrons. The summed E-state index contributed by atoms with van der Waals surface area (Å²) in [6.07, 6.45) is 6.41. The van der Waals surface area contributed by atoms with Gasteiger partial charge in [0.1, 0.15) is 23.7 Å². The van der Waals surface area contributed by atoms with E-state index in [9.17, 15) is 13.2 Å². The van der Waals surface area contributed by atoms with E-state index in [0.29, 0.717) is 17.1 Å². The van der Waals surface area contributed by atoms with E-state index in [1.807, 2.05) is 18.2 Å². The highest BCUT2D eigenvalue weighted by molar-refractivity contribution is 7.92. The van der Waals surface area contributed by atoms with Crippen LogP contribution in [0.4, 0.5) is 10.5 Å². The van der Waals surface area contributed by atoms with Gasteiger partial charge in [-0.25, -0.2) is 13.2 Å². The maximum absolute atomic E-state index is 13.2. The van der Waals surface area contributed by atoms with Crippen LogP contribution in [0, 0.1) is 0 Å². The van der Waals surface area contributed by atoms with Crippen LogP contribution in [0.1, 0.15) is 31.9 Å². The van der Waals surface area contributed by atoms with Crippen LogP contribution in [-0.2, 0) is 14.8 Å². The largest absolute Gasteiger partial charge is 0.497 e. The molecule has 0 bridgehead atoms. The molecule has 9 nitrogen and oxygen atoms in total. The number of nitrogens with zero attached hydrogens (tertiary/aromatic N) is 1. The summed E-state index contributed by atoms with van der Waals surface area (Å²) in [6, 6.07) is 14.9. The predicted molar refractivity (Wildman–Crippen MR) is 143 cm³/mol. The van der Waals surface area contributed by atoms with Crippen LogP contribution >= 0.6 is 0 Å². The second kappa shape index (κ2) is 12.3. The van der Waals surface area contributed by atoms with Crippen LogP contribution in [-0.4, -0.2) is 45.4 Å². The third-order valence-corrected chi connectivity index (χ3v) is 6.22. The zero-order valence-corrected chi connectivity index (χ0v) is 22.0. The monoisotopic (exact) mass is 525 g/mol. The first-order valence-corrected chi connectivity index (χ1v) is 13.0. The minimum Gasteiger partial charge on any atom is -0.497 e. The number of amides is 1. The molecular weight excluding hydrogens is 494 g/mol. The molecule has 2 N–H and O–H groups in total. The number of hydrogen-bond acceptors (Lipinski definition) is 7. The van der Waals surface area contributed by atoms with Gasteiger partial charge in [0.05, 0.1) is 24.2 Å². The van der Waals surface area contributed by atoms with Crippen molar-refractivity contribution in [3.05, 3.63) is 78.1 Å². The summed E-state index contributed by atoms with van der Waals surface area (Å²) in [7, 11) is -2.44. The van der Waals surface area contributed by atoms with Gasteiger partial charge in [0.15, 0.2) is 0 Å². The second-order valence-corrected chi connectivity index (χ2v) is 10.6. The Hall–Kier alpha value is -4.05. The number of aromatic nitrogens is 1. The summed E-state index contributed by atoms with van der Waals surface area (Å²) < 4.78 is 45.3. The molecule has 0 aliphatic rings. The van der Waals surface area contributed by atoms with E-state index in [2.05, 4.69) is 15.0 Å². The summed E-state index contributed by atoms with van der Waals surface area (Å²) in [4.78, 5) is 16.0. The summed E-state index contributed by atoms with van der Waals surface area (Å²) in [5, 5.41) is 2.62. The molecule has 37 heavy (non-hydrogen) atoms. The van der Waals surface area contributed by atoms with E-state index in [1.165, 1.54) is 19.2 Å². The fourth-order valence-electron chi connectivity index (χ4n) is 3.15. The quantitative estimate of drug-likeness (QED) is 0.359. The van der Waals surface area contributed by atoms with E-state index in [0.717, 1.165) is 5.56 Å². The molecule has 3 aromatic rings. The van der Waals surface area contributed by atoms with Gasteiger partial charge < -0.3 is 19.5 Å². The lowest BCUT2D eigenvalue weighted by atomic mass is 10.1. The Balaban J connectivity index is 1.84. The second-order valence-electron chi connectivity index (χ2n) is 8.89. The normalized spacial score (nSPS) is 11.7. The van der Waals surface area contributed by atoms with Gasteiger partial charge in [0.25, 0.3) is 10.0 Å². The molecule has 0 aliphatic carbocycles. The van der Waals surface area contributed by atoms with Gasteiger partial charge in [0, 0.05) is 18.0 Å². The highest BCUT2D eigenvalue weighted by Crippen LogP contribution is 2.32. The number of anilines is 1. The van der Waals surface area contributed by atoms with Crippen LogP contribution in [0.5, 0.6) is 11.5 Å². The van der Waals surface area contributed by atoms with Gasteiger partial charge in [-0.05, 0) is 68.8 Å². The number of nitrogens with one attached hydrogen (secondary N) is 2. The summed E-state index contributed by atoms with van der Waals surface area (Å²) in [6.45, 7) is 5.57. The van der Waals surface area contributed by atoms with Gasteiger partial charge in [-0.2, -0.15) is 0 Å². The number of pyridine rings is 1. The van der Waals surface area contributed by atoms with E-state index >= 15 is 0 Å². The van der Waals surface area contributed by atoms with Crippen molar-refractivity contribution in [2.75, 3.05) is 25.0 Å². The molecule has 2 aromatic carbocycles. The van der Waals surface area contributed by atoms with Crippen molar-refractivity contribution in [2.45, 2.75) is 31.3 Å². The molecule has 0 fully saturated rings. The van der Waals surface area contributed by atoms with Crippen molar-refractivity contribution in [1.82, 2.24) is 10.3 Å². The molecular formula is C27H31N3O6S. The number of hydrogen-bond donors (Lipinski definition) is 2. The van der Waals surface area contributed by atoms with Crippen molar-refractivity contribution in [2.24, 2.45) is 0 Å². The fraction of sp³-hybridized carbons (Fsp3) is 0.259. The Bertz CT molecular complexity index is 1320. The number of methoxy groups -OCH3 is 1. The average Bonchev–Trinajstić information content (AvgIpc) is 2.86. The molecule has 0 spiro atoms. The van der Waals surface area contributed by atoms with E-state index in [-0.39, 0.29) is 23.7 Å². The molecule has 0 saturated heterocycles. The Labute approximate surface area is 217 Å². The highest BCUT2D eigenvalue weighted by atomic mass is 32.2. The third-order valence-electron chi connectivity index (χ3n) is 4.85. The third kappa shape index (κ3) is 8.53. The van der Waals surface area contributed by atoms with Crippen LogP contribution in [0.25, 0.3) is 12.2 Å². The van der Waals surface area contributed by atoms with Crippen molar-refractivity contribution in [3.8, 4) is 11.5 Å². The number of sulfonamides is 1. The van der Waals surface area contributed by atoms with Gasteiger partial charge in [-0.15, -0.1) is 0 Å². The molecule has 0 radical (unpaired) electrons. The number of ether oxygens (including phenoxy) is 3. The molecule has 1 heterocycles. The lowest BCUT2D eigenvalue weighted by molar-refractivity contribution is 0.0520. The first-order chi connectivity index (χ1) is 17.6. The number of alkyl carbamates (subject to hydrolysis) is 1. The Kier molecular flexibility index (Phi) is 9.13. The number of carbonyl (C=O) groups is 1. The molecule has 0 aliphatic heterocycles. The standard InChI is InChI=1S/C27H31N3O6S/c1-27(2,3)36-26(31)29-18-19-35-24-7-5-6-21(9-8-20-14-16-28-17-15-20)25(24)30-37(32,33)23-12-10-22(34-4)11-13-23/h5-17,30H,18-19H2,1-4H3,(H,29,31)/b9-8+. The van der Waals surface area contributed by atoms with Crippen molar-refractivity contribution >= 4 is 34.0 Å². The van der Waals surface area contributed by atoms with E-state index < -0.39 is 21.7 Å². The summed E-state index contributed by atoms with van der Waals surface area (Å²) in [5.41, 5.74) is 1.13. The maximum atomic E-state index is 13.2. The van der Waals surface area contributed by atoms with Gasteiger partial charge in [-0.1, -0.05) is 24.3 Å². The SMILES string of the molecule is COc1ccc(S(=O)(=O)Nc2c(/C=C/c3ccncc3)cccc2OCCNC(=O)OC(C)(C)C)cc1. The number of para-hydroxylation sites is 1. The van der Waals surface area contributed by atoms with Crippen molar-refractivity contribution in [3.63, 3.8) is 0 Å². The minimum absolute atomic E-state index is 0.0683. The van der Waals surface area contributed by atoms with Gasteiger partial charge in [-0.3, -0.25) is 9.71 Å². The highest BCUT2D eigenvalue weighted by Gasteiger charge is 2.20. The van der Waals surface area contributed by atoms with Crippen LogP contribution in [0.2, 0.25) is 0 Å². The Morgan fingerprint density at radius 1 is 1.00 bits per heavy atom. The molecule has 0 unspecified atom stereocenters. The molecule has 0 atom stereocenters. The lowest BCUT2D eigenvalue weighted by Crippen LogP contribution is -2.34. The first-order valence-electron chi connectivity index (χ1n) is 11.5. The van der Waals surface area contributed by atoms with Gasteiger partial charge in [0.2, 0.25) is 0 Å². The van der Waals surface area contributed by atoms with Crippen LogP contribution in [0.15, 0.2) is 71.9 Å². The topological polar surface area (TPSA) is 116 Å². The van der Waals surface area contributed by atoms with Crippen molar-refractivity contribution in [1.29, 1.82) is 0 Å². The molecule has 0 saturated carbocycles. The van der Waals surface area contributed by atoms with Crippen LogP contribution < -0.4 is 19.5 Å². The Morgan fingerprint density at radius 3 is 2.35 bits per heavy atom. The first kappa shape index (κ1) is 27.5. The number of benzene rings is 2. The van der Waals surface area contributed by atoms with Crippen molar-refractivity contribution < 1.29 is 27.4 Å².